The molecule has 0 saturated heterocycles. The molecule has 7 nitrogen and oxygen atoms in total. The number of ether oxygens (including phenoxy) is 1. The fraction of sp³-hybridized carbons (Fsp3) is 0.269. The summed E-state index contributed by atoms with van der Waals surface area (Å²) in [7, 11) is 3.55. The van der Waals surface area contributed by atoms with Crippen molar-refractivity contribution in [3.63, 3.8) is 0 Å². The quantitative estimate of drug-likeness (QED) is 0.350. The fourth-order valence-corrected chi connectivity index (χ4v) is 4.87. The molecule has 174 valence electrons. The number of imidazole rings is 1. The second-order valence-electron chi connectivity index (χ2n) is 8.48. The minimum absolute atomic E-state index is 0.441. The molecule has 0 aliphatic carbocycles. The van der Waals surface area contributed by atoms with Gasteiger partial charge in [0.15, 0.2) is 0 Å². The smallest absolute Gasteiger partial charge is 0.147 e. The van der Waals surface area contributed by atoms with Gasteiger partial charge in [-0.05, 0) is 50.1 Å². The van der Waals surface area contributed by atoms with Crippen molar-refractivity contribution < 1.29 is 14.4 Å². The highest BCUT2D eigenvalue weighted by Gasteiger charge is 2.35. The Hall–Kier alpha value is -3.42. The van der Waals surface area contributed by atoms with Gasteiger partial charge in [-0.25, -0.2) is 4.98 Å². The standard InChI is InChI=1S/C26H25ClN4O3/c1-6-26(32,16-7-9-17(27)10-8-16)25-29-21-13-28-20-11-19(23-14(2)30-34-15(23)3)22(33-5)12-18(20)24(21)31(25)4/h7-13,32H,6H2,1-5H3. The van der Waals surface area contributed by atoms with E-state index in [1.54, 1.807) is 25.4 Å². The monoisotopic (exact) mass is 476 g/mol. The van der Waals surface area contributed by atoms with Crippen LogP contribution in [0.15, 0.2) is 47.1 Å². The van der Waals surface area contributed by atoms with Crippen molar-refractivity contribution in [1.82, 2.24) is 19.7 Å². The largest absolute Gasteiger partial charge is 0.496 e. The molecular weight excluding hydrogens is 452 g/mol. The number of halogens is 1. The van der Waals surface area contributed by atoms with E-state index in [0.29, 0.717) is 28.5 Å². The Morgan fingerprint density at radius 1 is 1.15 bits per heavy atom. The molecule has 2 aromatic carbocycles. The molecule has 1 unspecified atom stereocenters. The molecule has 1 N–H and O–H groups in total. The number of aliphatic hydroxyl groups is 1. The second kappa shape index (κ2) is 8.11. The van der Waals surface area contributed by atoms with Crippen LogP contribution in [0.3, 0.4) is 0 Å². The zero-order chi connectivity index (χ0) is 24.2. The average Bonchev–Trinajstić information content (AvgIpc) is 3.36. The van der Waals surface area contributed by atoms with Crippen LogP contribution in [0.25, 0.3) is 33.1 Å². The maximum absolute atomic E-state index is 11.7. The van der Waals surface area contributed by atoms with E-state index in [2.05, 4.69) is 10.1 Å². The summed E-state index contributed by atoms with van der Waals surface area (Å²) in [5.74, 6) is 1.94. The third-order valence-electron chi connectivity index (χ3n) is 6.53. The molecule has 34 heavy (non-hydrogen) atoms. The Bertz CT molecular complexity index is 1520. The van der Waals surface area contributed by atoms with Crippen molar-refractivity contribution in [2.45, 2.75) is 32.8 Å². The molecule has 1 atom stereocenters. The predicted molar refractivity (Wildman–Crippen MR) is 132 cm³/mol. The number of aryl methyl sites for hydroxylation is 3. The maximum Gasteiger partial charge on any atom is 0.147 e. The van der Waals surface area contributed by atoms with Crippen LogP contribution in [0.2, 0.25) is 5.02 Å². The Labute approximate surface area is 201 Å². The molecule has 3 heterocycles. The molecule has 0 aliphatic rings. The van der Waals surface area contributed by atoms with Crippen molar-refractivity contribution in [2.75, 3.05) is 7.11 Å². The van der Waals surface area contributed by atoms with Gasteiger partial charge in [0.2, 0.25) is 0 Å². The highest BCUT2D eigenvalue weighted by molar-refractivity contribution is 6.30. The first-order valence-corrected chi connectivity index (χ1v) is 11.4. The van der Waals surface area contributed by atoms with E-state index in [4.69, 9.17) is 25.8 Å². The minimum atomic E-state index is -1.29. The summed E-state index contributed by atoms with van der Waals surface area (Å²) in [5, 5.41) is 17.3. The number of methoxy groups -OCH3 is 1. The number of fused-ring (bicyclic) bond motifs is 3. The molecule has 0 bridgehead atoms. The lowest BCUT2D eigenvalue weighted by Gasteiger charge is -2.27. The third-order valence-corrected chi connectivity index (χ3v) is 6.78. The Morgan fingerprint density at radius 3 is 2.50 bits per heavy atom. The van der Waals surface area contributed by atoms with Crippen LogP contribution in [0.5, 0.6) is 5.75 Å². The normalized spacial score (nSPS) is 13.5. The summed E-state index contributed by atoms with van der Waals surface area (Å²) < 4.78 is 13.1. The van der Waals surface area contributed by atoms with Gasteiger partial charge < -0.3 is 18.9 Å². The lowest BCUT2D eigenvalue weighted by atomic mass is 9.90. The van der Waals surface area contributed by atoms with E-state index in [0.717, 1.165) is 44.6 Å². The minimum Gasteiger partial charge on any atom is -0.496 e. The van der Waals surface area contributed by atoms with E-state index in [9.17, 15) is 5.11 Å². The van der Waals surface area contributed by atoms with Gasteiger partial charge in [-0.15, -0.1) is 0 Å². The van der Waals surface area contributed by atoms with E-state index >= 15 is 0 Å². The summed E-state index contributed by atoms with van der Waals surface area (Å²) in [6.45, 7) is 5.72. The van der Waals surface area contributed by atoms with E-state index < -0.39 is 5.60 Å². The molecule has 5 rings (SSSR count). The molecule has 5 aromatic rings. The molecule has 3 aromatic heterocycles. The molecule has 0 fully saturated rings. The average molecular weight is 477 g/mol. The number of pyridine rings is 1. The van der Waals surface area contributed by atoms with E-state index in [1.807, 2.05) is 56.7 Å². The predicted octanol–water partition coefficient (Wildman–Crippen LogP) is 5.70. The van der Waals surface area contributed by atoms with E-state index in [-0.39, 0.29) is 0 Å². The molecule has 0 aliphatic heterocycles. The molecule has 8 heteroatoms. The summed E-state index contributed by atoms with van der Waals surface area (Å²) >= 11 is 6.08. The van der Waals surface area contributed by atoms with Gasteiger partial charge in [-0.2, -0.15) is 0 Å². The second-order valence-corrected chi connectivity index (χ2v) is 8.91. The topological polar surface area (TPSA) is 86.2 Å². The van der Waals surface area contributed by atoms with Crippen molar-refractivity contribution >= 4 is 33.5 Å². The zero-order valence-electron chi connectivity index (χ0n) is 19.7. The van der Waals surface area contributed by atoms with Gasteiger partial charge >= 0.3 is 0 Å². The van der Waals surface area contributed by atoms with Gasteiger partial charge in [0, 0.05) is 23.0 Å². The van der Waals surface area contributed by atoms with Crippen molar-refractivity contribution in [2.24, 2.45) is 7.05 Å². The fourth-order valence-electron chi connectivity index (χ4n) is 4.74. The lowest BCUT2D eigenvalue weighted by Crippen LogP contribution is -2.30. The van der Waals surface area contributed by atoms with E-state index in [1.165, 1.54) is 0 Å². The lowest BCUT2D eigenvalue weighted by molar-refractivity contribution is 0.0646. The summed E-state index contributed by atoms with van der Waals surface area (Å²) in [5.41, 5.74) is 4.34. The summed E-state index contributed by atoms with van der Waals surface area (Å²) in [6.07, 6.45) is 2.18. The van der Waals surface area contributed by atoms with Crippen LogP contribution < -0.4 is 4.74 Å². The van der Waals surface area contributed by atoms with Crippen LogP contribution in [0.4, 0.5) is 0 Å². The van der Waals surface area contributed by atoms with Crippen LogP contribution in [-0.4, -0.2) is 31.9 Å². The number of hydrogen-bond acceptors (Lipinski definition) is 6. The highest BCUT2D eigenvalue weighted by Crippen LogP contribution is 2.40. The Balaban J connectivity index is 1.77. The number of hydrogen-bond donors (Lipinski definition) is 1. The van der Waals surface area contributed by atoms with Crippen LogP contribution in [-0.2, 0) is 12.6 Å². The first-order chi connectivity index (χ1) is 16.3. The summed E-state index contributed by atoms with van der Waals surface area (Å²) in [6, 6.07) is 11.2. The van der Waals surface area contributed by atoms with Gasteiger partial charge in [-0.3, -0.25) is 4.98 Å². The van der Waals surface area contributed by atoms with Crippen molar-refractivity contribution in [3.05, 3.63) is 70.5 Å². The number of nitrogens with zero attached hydrogens (tertiary/aromatic N) is 4. The van der Waals surface area contributed by atoms with Crippen molar-refractivity contribution in [1.29, 1.82) is 0 Å². The Kier molecular flexibility index (Phi) is 5.34. The van der Waals surface area contributed by atoms with Gasteiger partial charge in [0.25, 0.3) is 0 Å². The number of benzene rings is 2. The SMILES string of the molecule is CCC(O)(c1ccc(Cl)cc1)c1nc2cnc3cc(-c4c(C)noc4C)c(OC)cc3c2n1C. The maximum atomic E-state index is 11.7. The Morgan fingerprint density at radius 2 is 1.88 bits per heavy atom. The molecule has 0 radical (unpaired) electrons. The highest BCUT2D eigenvalue weighted by atomic mass is 35.5. The molecule has 0 amide bonds. The van der Waals surface area contributed by atoms with Crippen LogP contribution in [0, 0.1) is 13.8 Å². The van der Waals surface area contributed by atoms with Gasteiger partial charge in [0.1, 0.15) is 28.5 Å². The first-order valence-electron chi connectivity index (χ1n) is 11.0. The van der Waals surface area contributed by atoms with Gasteiger partial charge in [-0.1, -0.05) is 35.8 Å². The number of rotatable bonds is 5. The van der Waals surface area contributed by atoms with Crippen molar-refractivity contribution in [3.8, 4) is 16.9 Å². The third kappa shape index (κ3) is 3.27. The zero-order valence-corrected chi connectivity index (χ0v) is 20.4. The summed E-state index contributed by atoms with van der Waals surface area (Å²) in [4.78, 5) is 9.49. The van der Waals surface area contributed by atoms with Crippen LogP contribution >= 0.6 is 11.6 Å². The molecule has 0 spiro atoms. The van der Waals surface area contributed by atoms with Crippen LogP contribution in [0.1, 0.15) is 36.2 Å². The number of aromatic nitrogens is 4. The first kappa shape index (κ1) is 22.4. The molecular formula is C26H25ClN4O3. The van der Waals surface area contributed by atoms with Gasteiger partial charge in [0.05, 0.1) is 35.6 Å². The molecule has 0 saturated carbocycles.